The van der Waals surface area contributed by atoms with Crippen molar-refractivity contribution in [1.29, 1.82) is 0 Å². The molecule has 106 valence electrons. The number of piperidine rings is 1. The van der Waals surface area contributed by atoms with Gasteiger partial charge in [0.15, 0.2) is 0 Å². The van der Waals surface area contributed by atoms with Crippen LogP contribution in [0.15, 0.2) is 0 Å². The number of carbonyl (C=O) groups excluding carboxylic acids is 1. The quantitative estimate of drug-likeness (QED) is 0.738. The highest BCUT2D eigenvalue weighted by atomic mass is 16.5. The van der Waals surface area contributed by atoms with E-state index in [4.69, 9.17) is 4.74 Å². The lowest BCUT2D eigenvalue weighted by molar-refractivity contribution is -0.130. The molecule has 1 rings (SSSR count). The highest BCUT2D eigenvalue weighted by Crippen LogP contribution is 2.21. The van der Waals surface area contributed by atoms with Gasteiger partial charge in [-0.15, -0.1) is 0 Å². The van der Waals surface area contributed by atoms with E-state index >= 15 is 0 Å². The van der Waals surface area contributed by atoms with E-state index in [9.17, 15) is 9.90 Å². The minimum atomic E-state index is -0.407. The molecule has 0 bridgehead atoms. The number of aliphatic hydroxyl groups excluding tert-OH is 1. The summed E-state index contributed by atoms with van der Waals surface area (Å²) in [6.07, 6.45) is 2.33. The van der Waals surface area contributed by atoms with E-state index in [1.165, 1.54) is 0 Å². The van der Waals surface area contributed by atoms with Gasteiger partial charge in [0, 0.05) is 34.2 Å². The number of β-amino-alcohol motifs (C(OH)–C–C–N with tert-alkyl or cyclic N) is 1. The molecule has 0 aromatic heterocycles. The molecule has 1 fully saturated rings. The van der Waals surface area contributed by atoms with E-state index in [-0.39, 0.29) is 5.91 Å². The molecule has 1 heterocycles. The highest BCUT2D eigenvalue weighted by Gasteiger charge is 2.23. The Balaban J connectivity index is 2.22. The molecule has 0 spiro atoms. The fourth-order valence-electron chi connectivity index (χ4n) is 2.35. The Morgan fingerprint density at radius 2 is 2.06 bits per heavy atom. The molecule has 1 aliphatic rings. The second-order valence-electron chi connectivity index (χ2n) is 5.35. The van der Waals surface area contributed by atoms with Crippen molar-refractivity contribution in [3.63, 3.8) is 0 Å². The standard InChI is InChI=1S/C13H26N2O3/c1-14(2)13(17)8-11-4-6-15(7-5-11)9-12(16)10-18-3/h11-12,16H,4-10H2,1-3H3/t12-/m1/s1. The van der Waals surface area contributed by atoms with Crippen LogP contribution in [0.4, 0.5) is 0 Å². The van der Waals surface area contributed by atoms with Crippen LogP contribution in [-0.2, 0) is 9.53 Å². The molecule has 1 N–H and O–H groups in total. The Hall–Kier alpha value is -0.650. The zero-order valence-electron chi connectivity index (χ0n) is 11.8. The molecule has 1 saturated heterocycles. The average molecular weight is 258 g/mol. The predicted octanol–water partition coefficient (Wildman–Crippen LogP) is 0.184. The summed E-state index contributed by atoms with van der Waals surface area (Å²) in [5.41, 5.74) is 0. The number of methoxy groups -OCH3 is 1. The van der Waals surface area contributed by atoms with Crippen LogP contribution in [0.25, 0.3) is 0 Å². The van der Waals surface area contributed by atoms with Gasteiger partial charge in [-0.2, -0.15) is 0 Å². The van der Waals surface area contributed by atoms with Crippen molar-refractivity contribution >= 4 is 5.91 Å². The van der Waals surface area contributed by atoms with E-state index in [0.717, 1.165) is 25.9 Å². The maximum atomic E-state index is 11.6. The maximum absolute atomic E-state index is 11.6. The number of hydrogen-bond donors (Lipinski definition) is 1. The number of amides is 1. The fraction of sp³-hybridized carbons (Fsp3) is 0.923. The Bertz CT molecular complexity index is 251. The van der Waals surface area contributed by atoms with Gasteiger partial charge in [0.05, 0.1) is 12.7 Å². The van der Waals surface area contributed by atoms with E-state index in [1.54, 1.807) is 26.1 Å². The molecular formula is C13H26N2O3. The van der Waals surface area contributed by atoms with Gasteiger partial charge in [-0.1, -0.05) is 0 Å². The van der Waals surface area contributed by atoms with Gasteiger partial charge in [0.2, 0.25) is 5.91 Å². The van der Waals surface area contributed by atoms with Crippen LogP contribution in [0, 0.1) is 5.92 Å². The number of rotatable bonds is 6. The van der Waals surface area contributed by atoms with E-state index in [0.29, 0.717) is 25.5 Å². The van der Waals surface area contributed by atoms with E-state index in [1.807, 2.05) is 0 Å². The van der Waals surface area contributed by atoms with Crippen LogP contribution in [0.5, 0.6) is 0 Å². The summed E-state index contributed by atoms with van der Waals surface area (Å²) in [5.74, 6) is 0.712. The third-order valence-corrected chi connectivity index (χ3v) is 3.50. The van der Waals surface area contributed by atoms with Crippen molar-refractivity contribution in [2.24, 2.45) is 5.92 Å². The van der Waals surface area contributed by atoms with Crippen molar-refractivity contribution in [2.45, 2.75) is 25.4 Å². The third kappa shape index (κ3) is 5.33. The summed E-state index contributed by atoms with van der Waals surface area (Å²) in [5, 5.41) is 9.66. The number of ether oxygens (including phenoxy) is 1. The van der Waals surface area contributed by atoms with Crippen LogP contribution in [0.3, 0.4) is 0 Å². The second kappa shape index (κ2) is 7.71. The molecule has 0 aromatic carbocycles. The molecule has 0 radical (unpaired) electrons. The van der Waals surface area contributed by atoms with Gasteiger partial charge in [-0.25, -0.2) is 0 Å². The van der Waals surface area contributed by atoms with Crippen LogP contribution in [-0.4, -0.2) is 74.4 Å². The number of aliphatic hydroxyl groups is 1. The minimum Gasteiger partial charge on any atom is -0.389 e. The van der Waals surface area contributed by atoms with Gasteiger partial charge in [0.25, 0.3) is 0 Å². The third-order valence-electron chi connectivity index (χ3n) is 3.50. The summed E-state index contributed by atoms with van der Waals surface area (Å²) in [4.78, 5) is 15.5. The zero-order valence-corrected chi connectivity index (χ0v) is 11.8. The molecule has 1 amide bonds. The first-order valence-corrected chi connectivity index (χ1v) is 6.62. The van der Waals surface area contributed by atoms with Crippen LogP contribution in [0.2, 0.25) is 0 Å². The van der Waals surface area contributed by atoms with Crippen molar-refractivity contribution in [2.75, 3.05) is 47.4 Å². The molecular weight excluding hydrogens is 232 g/mol. The van der Waals surface area contributed by atoms with Crippen molar-refractivity contribution in [1.82, 2.24) is 9.80 Å². The topological polar surface area (TPSA) is 53.0 Å². The summed E-state index contributed by atoms with van der Waals surface area (Å²) in [6, 6.07) is 0. The Morgan fingerprint density at radius 3 is 2.56 bits per heavy atom. The maximum Gasteiger partial charge on any atom is 0.222 e. The molecule has 5 heteroatoms. The SMILES string of the molecule is COC[C@H](O)CN1CCC(CC(=O)N(C)C)CC1. The molecule has 1 atom stereocenters. The molecule has 0 aromatic rings. The van der Waals surface area contributed by atoms with Gasteiger partial charge in [-0.05, 0) is 31.8 Å². The summed E-state index contributed by atoms with van der Waals surface area (Å²) >= 11 is 0. The molecule has 0 aliphatic carbocycles. The molecule has 1 aliphatic heterocycles. The second-order valence-corrected chi connectivity index (χ2v) is 5.35. The van der Waals surface area contributed by atoms with Crippen LogP contribution in [0.1, 0.15) is 19.3 Å². The lowest BCUT2D eigenvalue weighted by atomic mass is 9.93. The van der Waals surface area contributed by atoms with Crippen molar-refractivity contribution in [3.05, 3.63) is 0 Å². The Kier molecular flexibility index (Phi) is 6.60. The lowest BCUT2D eigenvalue weighted by Crippen LogP contribution is -2.41. The number of carbonyl (C=O) groups is 1. The predicted molar refractivity (Wildman–Crippen MR) is 70.4 cm³/mol. The first-order chi connectivity index (χ1) is 8.52. The summed E-state index contributed by atoms with van der Waals surface area (Å²) in [6.45, 7) is 2.99. The van der Waals surface area contributed by atoms with Gasteiger partial charge in [-0.3, -0.25) is 4.79 Å². The summed E-state index contributed by atoms with van der Waals surface area (Å²) in [7, 11) is 5.21. The van der Waals surface area contributed by atoms with E-state index in [2.05, 4.69) is 4.90 Å². The normalized spacial score (nSPS) is 19.8. The van der Waals surface area contributed by atoms with Gasteiger partial charge >= 0.3 is 0 Å². The lowest BCUT2D eigenvalue weighted by Gasteiger charge is -2.33. The summed E-state index contributed by atoms with van der Waals surface area (Å²) < 4.78 is 4.92. The first kappa shape index (κ1) is 15.4. The van der Waals surface area contributed by atoms with Gasteiger partial charge in [0.1, 0.15) is 0 Å². The minimum absolute atomic E-state index is 0.216. The van der Waals surface area contributed by atoms with Crippen LogP contribution < -0.4 is 0 Å². The molecule has 5 nitrogen and oxygen atoms in total. The fourth-order valence-corrected chi connectivity index (χ4v) is 2.35. The monoisotopic (exact) mass is 258 g/mol. The first-order valence-electron chi connectivity index (χ1n) is 6.62. The number of likely N-dealkylation sites (tertiary alicyclic amines) is 1. The number of hydrogen-bond acceptors (Lipinski definition) is 4. The Labute approximate surface area is 110 Å². The average Bonchev–Trinajstić information content (AvgIpc) is 2.31. The van der Waals surface area contributed by atoms with E-state index < -0.39 is 6.10 Å². The largest absolute Gasteiger partial charge is 0.389 e. The van der Waals surface area contributed by atoms with Crippen molar-refractivity contribution < 1.29 is 14.6 Å². The van der Waals surface area contributed by atoms with Gasteiger partial charge < -0.3 is 19.6 Å². The smallest absolute Gasteiger partial charge is 0.222 e. The highest BCUT2D eigenvalue weighted by molar-refractivity contribution is 5.75. The molecule has 0 unspecified atom stereocenters. The van der Waals surface area contributed by atoms with Crippen LogP contribution >= 0.6 is 0 Å². The Morgan fingerprint density at radius 1 is 1.44 bits per heavy atom. The number of nitrogens with zero attached hydrogens (tertiary/aromatic N) is 2. The molecule has 0 saturated carbocycles. The zero-order chi connectivity index (χ0) is 13.5. The van der Waals surface area contributed by atoms with Crippen molar-refractivity contribution in [3.8, 4) is 0 Å². The molecule has 18 heavy (non-hydrogen) atoms.